The van der Waals surface area contributed by atoms with Crippen LogP contribution in [-0.4, -0.2) is 30.8 Å². The summed E-state index contributed by atoms with van der Waals surface area (Å²) in [5, 5.41) is 3.50. The van der Waals surface area contributed by atoms with Crippen molar-refractivity contribution in [1.82, 2.24) is 10.3 Å². The molecule has 1 aliphatic rings. The number of hydrogen-bond donors (Lipinski definition) is 1. The van der Waals surface area contributed by atoms with Crippen LogP contribution >= 0.6 is 0 Å². The SMILES string of the molecule is CCCOCCOc1ccc(CNC2CC2)c(C)n1. The van der Waals surface area contributed by atoms with Gasteiger partial charge in [0.2, 0.25) is 5.88 Å². The van der Waals surface area contributed by atoms with Crippen molar-refractivity contribution in [2.45, 2.75) is 45.7 Å². The van der Waals surface area contributed by atoms with Gasteiger partial charge >= 0.3 is 0 Å². The van der Waals surface area contributed by atoms with Gasteiger partial charge in [-0.2, -0.15) is 0 Å². The number of aryl methyl sites for hydroxylation is 1. The van der Waals surface area contributed by atoms with Gasteiger partial charge in [-0.1, -0.05) is 13.0 Å². The van der Waals surface area contributed by atoms with E-state index in [2.05, 4.69) is 23.3 Å². The lowest BCUT2D eigenvalue weighted by Gasteiger charge is -2.10. The average molecular weight is 264 g/mol. The maximum Gasteiger partial charge on any atom is 0.213 e. The van der Waals surface area contributed by atoms with E-state index >= 15 is 0 Å². The minimum atomic E-state index is 0.562. The van der Waals surface area contributed by atoms with E-state index in [1.165, 1.54) is 18.4 Å². The molecule has 1 N–H and O–H groups in total. The Balaban J connectivity index is 1.73. The van der Waals surface area contributed by atoms with Gasteiger partial charge in [0.1, 0.15) is 6.61 Å². The van der Waals surface area contributed by atoms with Gasteiger partial charge in [-0.05, 0) is 31.7 Å². The second-order valence-electron chi connectivity index (χ2n) is 5.01. The fourth-order valence-corrected chi connectivity index (χ4v) is 1.83. The number of nitrogens with zero attached hydrogens (tertiary/aromatic N) is 1. The fourth-order valence-electron chi connectivity index (χ4n) is 1.83. The van der Waals surface area contributed by atoms with E-state index in [1.807, 2.05) is 13.0 Å². The minimum Gasteiger partial charge on any atom is -0.475 e. The van der Waals surface area contributed by atoms with Crippen LogP contribution in [0.15, 0.2) is 12.1 Å². The van der Waals surface area contributed by atoms with Gasteiger partial charge in [0.05, 0.1) is 6.61 Å². The molecule has 1 aromatic rings. The molecule has 1 fully saturated rings. The highest BCUT2D eigenvalue weighted by atomic mass is 16.5. The fraction of sp³-hybridized carbons (Fsp3) is 0.667. The molecule has 0 radical (unpaired) electrons. The molecule has 106 valence electrons. The zero-order chi connectivity index (χ0) is 13.5. The van der Waals surface area contributed by atoms with Gasteiger partial charge in [0.15, 0.2) is 0 Å². The third-order valence-corrected chi connectivity index (χ3v) is 3.15. The van der Waals surface area contributed by atoms with Gasteiger partial charge in [-0.25, -0.2) is 4.98 Å². The van der Waals surface area contributed by atoms with Gasteiger partial charge < -0.3 is 14.8 Å². The van der Waals surface area contributed by atoms with E-state index < -0.39 is 0 Å². The molecule has 1 aliphatic carbocycles. The summed E-state index contributed by atoms with van der Waals surface area (Å²) in [6, 6.07) is 4.77. The highest BCUT2D eigenvalue weighted by Crippen LogP contribution is 2.20. The van der Waals surface area contributed by atoms with Crippen LogP contribution in [0.2, 0.25) is 0 Å². The van der Waals surface area contributed by atoms with E-state index in [4.69, 9.17) is 9.47 Å². The average Bonchev–Trinajstić information content (AvgIpc) is 3.21. The molecule has 4 heteroatoms. The van der Waals surface area contributed by atoms with Crippen LogP contribution in [0.25, 0.3) is 0 Å². The van der Waals surface area contributed by atoms with E-state index in [0.29, 0.717) is 19.1 Å². The summed E-state index contributed by atoms with van der Waals surface area (Å²) >= 11 is 0. The normalized spacial score (nSPS) is 14.6. The lowest BCUT2D eigenvalue weighted by atomic mass is 10.2. The van der Waals surface area contributed by atoms with Crippen LogP contribution in [0, 0.1) is 6.92 Å². The lowest BCUT2D eigenvalue weighted by molar-refractivity contribution is 0.0989. The lowest BCUT2D eigenvalue weighted by Crippen LogP contribution is -2.16. The molecule has 19 heavy (non-hydrogen) atoms. The molecule has 1 heterocycles. The molecule has 0 amide bonds. The predicted molar refractivity (Wildman–Crippen MR) is 75.4 cm³/mol. The molecule has 0 bridgehead atoms. The Hall–Kier alpha value is -1.13. The highest BCUT2D eigenvalue weighted by molar-refractivity contribution is 5.25. The third-order valence-electron chi connectivity index (χ3n) is 3.15. The molecular formula is C15H24N2O2. The summed E-state index contributed by atoms with van der Waals surface area (Å²) in [5.41, 5.74) is 2.29. The number of pyridine rings is 1. The van der Waals surface area contributed by atoms with Crippen LogP contribution in [0.5, 0.6) is 5.88 Å². The third kappa shape index (κ3) is 5.17. The van der Waals surface area contributed by atoms with Crippen molar-refractivity contribution in [3.05, 3.63) is 23.4 Å². The quantitative estimate of drug-likeness (QED) is 0.696. The predicted octanol–water partition coefficient (Wildman–Crippen LogP) is 2.45. The van der Waals surface area contributed by atoms with Crippen molar-refractivity contribution < 1.29 is 9.47 Å². The number of ether oxygens (including phenoxy) is 2. The Morgan fingerprint density at radius 1 is 1.26 bits per heavy atom. The van der Waals surface area contributed by atoms with Crippen molar-refractivity contribution in [2.75, 3.05) is 19.8 Å². The van der Waals surface area contributed by atoms with Crippen molar-refractivity contribution >= 4 is 0 Å². The summed E-state index contributed by atoms with van der Waals surface area (Å²) in [4.78, 5) is 4.47. The maximum atomic E-state index is 5.57. The number of nitrogens with one attached hydrogen (secondary N) is 1. The Bertz CT molecular complexity index is 392. The standard InChI is InChI=1S/C15H24N2O2/c1-3-8-18-9-10-19-15-7-4-13(12(2)17-15)11-16-14-5-6-14/h4,7,14,16H,3,5-6,8-11H2,1-2H3. The molecule has 2 rings (SSSR count). The largest absolute Gasteiger partial charge is 0.475 e. The van der Waals surface area contributed by atoms with Crippen molar-refractivity contribution in [3.8, 4) is 5.88 Å². The Morgan fingerprint density at radius 2 is 2.11 bits per heavy atom. The second-order valence-corrected chi connectivity index (χ2v) is 5.01. The number of rotatable bonds is 9. The van der Waals surface area contributed by atoms with Crippen LogP contribution in [0.3, 0.4) is 0 Å². The van der Waals surface area contributed by atoms with Gasteiger partial charge in [-0.15, -0.1) is 0 Å². The zero-order valence-corrected chi connectivity index (χ0v) is 11.9. The van der Waals surface area contributed by atoms with Crippen LogP contribution in [0.1, 0.15) is 37.4 Å². The summed E-state index contributed by atoms with van der Waals surface area (Å²) in [6.45, 7) is 7.02. The molecule has 1 saturated carbocycles. The minimum absolute atomic E-state index is 0.562. The van der Waals surface area contributed by atoms with Gasteiger partial charge in [-0.3, -0.25) is 0 Å². The van der Waals surface area contributed by atoms with E-state index in [-0.39, 0.29) is 0 Å². The molecule has 0 unspecified atom stereocenters. The summed E-state index contributed by atoms with van der Waals surface area (Å²) < 4.78 is 10.9. The van der Waals surface area contributed by atoms with E-state index in [9.17, 15) is 0 Å². The van der Waals surface area contributed by atoms with E-state index in [1.54, 1.807) is 0 Å². The molecule has 4 nitrogen and oxygen atoms in total. The Morgan fingerprint density at radius 3 is 2.79 bits per heavy atom. The molecule has 0 spiro atoms. The highest BCUT2D eigenvalue weighted by Gasteiger charge is 2.20. The zero-order valence-electron chi connectivity index (χ0n) is 11.9. The monoisotopic (exact) mass is 264 g/mol. The Kier molecular flexibility index (Phi) is 5.61. The van der Waals surface area contributed by atoms with Crippen molar-refractivity contribution in [3.63, 3.8) is 0 Å². The molecule has 0 aliphatic heterocycles. The first-order chi connectivity index (χ1) is 9.29. The maximum absolute atomic E-state index is 5.57. The van der Waals surface area contributed by atoms with Crippen LogP contribution in [0.4, 0.5) is 0 Å². The number of hydrogen-bond acceptors (Lipinski definition) is 4. The van der Waals surface area contributed by atoms with Gasteiger partial charge in [0.25, 0.3) is 0 Å². The Labute approximate surface area is 115 Å². The second kappa shape index (κ2) is 7.46. The van der Waals surface area contributed by atoms with Crippen molar-refractivity contribution in [1.29, 1.82) is 0 Å². The first-order valence-corrected chi connectivity index (χ1v) is 7.20. The van der Waals surface area contributed by atoms with Crippen molar-refractivity contribution in [2.24, 2.45) is 0 Å². The first kappa shape index (κ1) is 14.3. The molecule has 0 atom stereocenters. The summed E-state index contributed by atoms with van der Waals surface area (Å²) in [5.74, 6) is 0.688. The topological polar surface area (TPSA) is 43.4 Å². The van der Waals surface area contributed by atoms with Gasteiger partial charge in [0, 0.05) is 31.0 Å². The van der Waals surface area contributed by atoms with Crippen LogP contribution in [-0.2, 0) is 11.3 Å². The molecular weight excluding hydrogens is 240 g/mol. The van der Waals surface area contributed by atoms with Crippen LogP contribution < -0.4 is 10.1 Å². The molecule has 0 aromatic carbocycles. The smallest absolute Gasteiger partial charge is 0.213 e. The first-order valence-electron chi connectivity index (χ1n) is 7.20. The van der Waals surface area contributed by atoms with E-state index in [0.717, 1.165) is 31.3 Å². The summed E-state index contributed by atoms with van der Waals surface area (Å²) in [6.07, 6.45) is 3.66. The summed E-state index contributed by atoms with van der Waals surface area (Å²) in [7, 11) is 0. The molecule has 1 aromatic heterocycles. The number of aromatic nitrogens is 1. The molecule has 0 saturated heterocycles.